The van der Waals surface area contributed by atoms with E-state index in [0.717, 1.165) is 50.8 Å². The van der Waals surface area contributed by atoms with Crippen LogP contribution in [0.4, 0.5) is 0 Å². The molecule has 20 heavy (non-hydrogen) atoms. The zero-order valence-corrected chi connectivity index (χ0v) is 11.8. The molecule has 0 aliphatic carbocycles. The summed E-state index contributed by atoms with van der Waals surface area (Å²) in [5.74, 6) is 0.975. The van der Waals surface area contributed by atoms with Crippen molar-refractivity contribution >= 4 is 0 Å². The first-order chi connectivity index (χ1) is 9.86. The number of hydrogen-bond acceptors (Lipinski definition) is 5. The molecule has 1 fully saturated rings. The van der Waals surface area contributed by atoms with E-state index in [2.05, 4.69) is 31.8 Å². The molecular formula is C14H20N6. The van der Waals surface area contributed by atoms with Crippen LogP contribution in [0.3, 0.4) is 0 Å². The summed E-state index contributed by atoms with van der Waals surface area (Å²) >= 11 is 0. The summed E-state index contributed by atoms with van der Waals surface area (Å²) in [6, 6.07) is 3.92. The molecule has 0 saturated carbocycles. The highest BCUT2D eigenvalue weighted by molar-refractivity contribution is 5.27. The van der Waals surface area contributed by atoms with E-state index in [0.29, 0.717) is 0 Å². The molecule has 0 amide bonds. The fraction of sp³-hybridized carbons (Fsp3) is 0.500. The number of pyridine rings is 1. The van der Waals surface area contributed by atoms with Crippen LogP contribution in [0.2, 0.25) is 0 Å². The van der Waals surface area contributed by atoms with Crippen LogP contribution in [0.25, 0.3) is 5.69 Å². The Labute approximate surface area is 119 Å². The van der Waals surface area contributed by atoms with Crippen LogP contribution < -0.4 is 0 Å². The van der Waals surface area contributed by atoms with Gasteiger partial charge >= 0.3 is 0 Å². The van der Waals surface area contributed by atoms with Crippen LogP contribution in [-0.2, 0) is 6.54 Å². The van der Waals surface area contributed by atoms with Crippen LogP contribution in [-0.4, -0.2) is 62.3 Å². The van der Waals surface area contributed by atoms with Gasteiger partial charge in [0.1, 0.15) is 12.2 Å². The number of piperazine rings is 1. The van der Waals surface area contributed by atoms with E-state index in [1.54, 1.807) is 12.5 Å². The van der Waals surface area contributed by atoms with Crippen molar-refractivity contribution in [2.24, 2.45) is 0 Å². The van der Waals surface area contributed by atoms with Crippen molar-refractivity contribution in [2.45, 2.75) is 13.5 Å². The quantitative estimate of drug-likeness (QED) is 0.824. The summed E-state index contributed by atoms with van der Waals surface area (Å²) in [4.78, 5) is 13.4. The van der Waals surface area contributed by atoms with Gasteiger partial charge in [0.05, 0.1) is 18.4 Å². The Bertz CT molecular complexity index is 530. The molecule has 0 spiro atoms. The maximum atomic E-state index is 4.39. The van der Waals surface area contributed by atoms with Crippen LogP contribution in [0.1, 0.15) is 12.7 Å². The largest absolute Gasteiger partial charge is 0.301 e. The summed E-state index contributed by atoms with van der Waals surface area (Å²) in [5, 5.41) is 4.31. The van der Waals surface area contributed by atoms with Crippen LogP contribution in [0, 0.1) is 0 Å². The topological polar surface area (TPSA) is 50.1 Å². The van der Waals surface area contributed by atoms with Gasteiger partial charge in [0, 0.05) is 32.4 Å². The summed E-state index contributed by atoms with van der Waals surface area (Å²) < 4.78 is 1.87. The lowest BCUT2D eigenvalue weighted by atomic mass is 10.3. The molecule has 0 radical (unpaired) electrons. The molecule has 1 saturated heterocycles. The summed E-state index contributed by atoms with van der Waals surface area (Å²) in [6.45, 7) is 8.65. The third-order valence-corrected chi connectivity index (χ3v) is 3.79. The lowest BCUT2D eigenvalue weighted by molar-refractivity contribution is 0.129. The minimum absolute atomic E-state index is 0.840. The number of aromatic nitrogens is 4. The highest BCUT2D eigenvalue weighted by Gasteiger charge is 2.18. The fourth-order valence-corrected chi connectivity index (χ4v) is 2.53. The Morgan fingerprint density at radius 1 is 1.15 bits per heavy atom. The fourth-order valence-electron chi connectivity index (χ4n) is 2.53. The van der Waals surface area contributed by atoms with E-state index in [4.69, 9.17) is 0 Å². The number of nitrogens with zero attached hydrogens (tertiary/aromatic N) is 6. The molecule has 2 aromatic heterocycles. The molecule has 106 valence electrons. The Kier molecular flexibility index (Phi) is 4.03. The van der Waals surface area contributed by atoms with E-state index in [-0.39, 0.29) is 0 Å². The van der Waals surface area contributed by atoms with Gasteiger partial charge in [0.2, 0.25) is 0 Å². The molecule has 0 unspecified atom stereocenters. The van der Waals surface area contributed by atoms with Gasteiger partial charge in [-0.3, -0.25) is 9.88 Å². The standard InChI is InChI=1S/C14H20N6/c1-2-18-6-8-19(9-7-18)11-14-16-12-17-20(14)13-4-3-5-15-10-13/h3-5,10,12H,2,6-9,11H2,1H3. The molecule has 0 aromatic carbocycles. The predicted octanol–water partition coefficient (Wildman–Crippen LogP) is 0.800. The van der Waals surface area contributed by atoms with Gasteiger partial charge in [0.15, 0.2) is 0 Å². The molecule has 3 heterocycles. The van der Waals surface area contributed by atoms with Crippen LogP contribution in [0.5, 0.6) is 0 Å². The third kappa shape index (κ3) is 2.86. The van der Waals surface area contributed by atoms with Crippen molar-refractivity contribution in [3.63, 3.8) is 0 Å². The Hall–Kier alpha value is -1.79. The molecule has 0 atom stereocenters. The van der Waals surface area contributed by atoms with Crippen molar-refractivity contribution in [1.29, 1.82) is 0 Å². The zero-order valence-electron chi connectivity index (χ0n) is 11.8. The summed E-state index contributed by atoms with van der Waals surface area (Å²) in [7, 11) is 0. The van der Waals surface area contributed by atoms with E-state index in [9.17, 15) is 0 Å². The highest BCUT2D eigenvalue weighted by atomic mass is 15.4. The second-order valence-corrected chi connectivity index (χ2v) is 5.01. The van der Waals surface area contributed by atoms with Gasteiger partial charge < -0.3 is 4.90 Å². The molecular weight excluding hydrogens is 252 g/mol. The van der Waals surface area contributed by atoms with Crippen LogP contribution in [0.15, 0.2) is 30.9 Å². The van der Waals surface area contributed by atoms with Gasteiger partial charge in [-0.15, -0.1) is 0 Å². The van der Waals surface area contributed by atoms with Gasteiger partial charge in [-0.2, -0.15) is 5.10 Å². The molecule has 0 bridgehead atoms. The van der Waals surface area contributed by atoms with E-state index < -0.39 is 0 Å². The molecule has 6 heteroatoms. The Morgan fingerprint density at radius 2 is 1.95 bits per heavy atom. The zero-order chi connectivity index (χ0) is 13.8. The van der Waals surface area contributed by atoms with Gasteiger partial charge in [-0.05, 0) is 18.7 Å². The maximum absolute atomic E-state index is 4.39. The van der Waals surface area contributed by atoms with E-state index in [1.165, 1.54) is 0 Å². The Morgan fingerprint density at radius 3 is 2.65 bits per heavy atom. The first-order valence-corrected chi connectivity index (χ1v) is 7.11. The van der Waals surface area contributed by atoms with Gasteiger partial charge in [-0.1, -0.05) is 6.92 Å². The van der Waals surface area contributed by atoms with Crippen molar-refractivity contribution in [2.75, 3.05) is 32.7 Å². The smallest absolute Gasteiger partial charge is 0.146 e. The number of likely N-dealkylation sites (N-methyl/N-ethyl adjacent to an activating group) is 1. The average Bonchev–Trinajstić information content (AvgIpc) is 2.97. The minimum Gasteiger partial charge on any atom is -0.301 e. The van der Waals surface area contributed by atoms with E-state index in [1.807, 2.05) is 23.0 Å². The molecule has 3 rings (SSSR count). The second-order valence-electron chi connectivity index (χ2n) is 5.01. The number of hydrogen-bond donors (Lipinski definition) is 0. The van der Waals surface area contributed by atoms with Crippen LogP contribution >= 0.6 is 0 Å². The van der Waals surface area contributed by atoms with Crippen molar-refractivity contribution in [3.8, 4) is 5.69 Å². The molecule has 6 nitrogen and oxygen atoms in total. The molecule has 2 aromatic rings. The minimum atomic E-state index is 0.840. The number of rotatable bonds is 4. The van der Waals surface area contributed by atoms with Gasteiger partial charge in [0.25, 0.3) is 0 Å². The van der Waals surface area contributed by atoms with Crippen molar-refractivity contribution in [3.05, 3.63) is 36.7 Å². The molecule has 0 N–H and O–H groups in total. The SMILES string of the molecule is CCN1CCN(Cc2ncnn2-c2cccnc2)CC1. The second kappa shape index (κ2) is 6.11. The monoisotopic (exact) mass is 272 g/mol. The first kappa shape index (κ1) is 13.2. The first-order valence-electron chi connectivity index (χ1n) is 7.11. The summed E-state index contributed by atoms with van der Waals surface area (Å²) in [5.41, 5.74) is 0.965. The summed E-state index contributed by atoms with van der Waals surface area (Å²) in [6.07, 6.45) is 5.20. The van der Waals surface area contributed by atoms with E-state index >= 15 is 0 Å². The maximum Gasteiger partial charge on any atom is 0.146 e. The van der Waals surface area contributed by atoms with Crippen molar-refractivity contribution < 1.29 is 0 Å². The Balaban J connectivity index is 1.69. The third-order valence-electron chi connectivity index (χ3n) is 3.79. The predicted molar refractivity (Wildman–Crippen MR) is 76.5 cm³/mol. The molecule has 1 aliphatic heterocycles. The lowest BCUT2D eigenvalue weighted by Gasteiger charge is -2.33. The average molecular weight is 272 g/mol. The molecule has 1 aliphatic rings. The van der Waals surface area contributed by atoms with Crippen molar-refractivity contribution in [1.82, 2.24) is 29.5 Å². The highest BCUT2D eigenvalue weighted by Crippen LogP contribution is 2.10. The lowest BCUT2D eigenvalue weighted by Crippen LogP contribution is -2.45. The normalized spacial score (nSPS) is 17.4. The van der Waals surface area contributed by atoms with Gasteiger partial charge in [-0.25, -0.2) is 9.67 Å².